The molecular formula is C16H24INOS. The van der Waals surface area contributed by atoms with Gasteiger partial charge in [0.2, 0.25) is 0 Å². The fraction of sp³-hybridized carbons (Fsp3) is 0.688. The Morgan fingerprint density at radius 2 is 1.85 bits per heavy atom. The molecule has 2 aliphatic heterocycles. The van der Waals surface area contributed by atoms with E-state index in [4.69, 9.17) is 0 Å². The van der Waals surface area contributed by atoms with Gasteiger partial charge in [-0.3, -0.25) is 4.79 Å². The standard InChI is InChI=1S/C16H24NOS.HI/c1-17(9-8-15(18)16-3-2-10-19-16)11-13-4-5-14(12-17)7-6-13;/h2-3,10,13-14H,4-9,11-12H2,1H3;1H/q+1;/p-1. The Kier molecular flexibility index (Phi) is 5.65. The van der Waals surface area contributed by atoms with Crippen LogP contribution in [0.4, 0.5) is 0 Å². The molecule has 0 unspecified atom stereocenters. The number of carbonyl (C=O) groups is 1. The van der Waals surface area contributed by atoms with Crippen molar-refractivity contribution in [3.05, 3.63) is 22.4 Å². The molecule has 2 nitrogen and oxygen atoms in total. The van der Waals surface area contributed by atoms with E-state index in [9.17, 15) is 4.79 Å². The lowest BCUT2D eigenvalue weighted by atomic mass is 9.84. The number of quaternary nitrogens is 1. The molecule has 20 heavy (non-hydrogen) atoms. The van der Waals surface area contributed by atoms with Crippen LogP contribution in [0.15, 0.2) is 17.5 Å². The summed E-state index contributed by atoms with van der Waals surface area (Å²) in [6.07, 6.45) is 6.43. The van der Waals surface area contributed by atoms with Crippen molar-refractivity contribution in [2.24, 2.45) is 11.8 Å². The first-order valence-electron chi connectivity index (χ1n) is 7.55. The van der Waals surface area contributed by atoms with Gasteiger partial charge in [0.1, 0.15) is 0 Å². The molecule has 1 saturated carbocycles. The zero-order valence-electron chi connectivity index (χ0n) is 12.2. The molecule has 0 atom stereocenters. The number of thiophene rings is 1. The zero-order valence-corrected chi connectivity index (χ0v) is 15.2. The summed E-state index contributed by atoms with van der Waals surface area (Å²) in [4.78, 5) is 13.1. The molecule has 3 fully saturated rings. The highest BCUT2D eigenvalue weighted by Crippen LogP contribution is 2.36. The number of rotatable bonds is 4. The largest absolute Gasteiger partial charge is 1.00 e. The van der Waals surface area contributed by atoms with Gasteiger partial charge in [-0.2, -0.15) is 0 Å². The molecular weight excluding hydrogens is 381 g/mol. The average Bonchev–Trinajstić information content (AvgIpc) is 2.82. The minimum atomic E-state index is 0. The van der Waals surface area contributed by atoms with Crippen LogP contribution in [0.25, 0.3) is 0 Å². The molecule has 4 rings (SSSR count). The van der Waals surface area contributed by atoms with Crippen molar-refractivity contribution in [3.63, 3.8) is 0 Å². The van der Waals surface area contributed by atoms with Crippen LogP contribution in [-0.2, 0) is 0 Å². The molecule has 0 amide bonds. The summed E-state index contributed by atoms with van der Waals surface area (Å²) >= 11 is 1.58. The summed E-state index contributed by atoms with van der Waals surface area (Å²) in [6, 6.07) is 3.93. The van der Waals surface area contributed by atoms with Gasteiger partial charge in [-0.25, -0.2) is 0 Å². The first-order chi connectivity index (χ1) is 9.15. The summed E-state index contributed by atoms with van der Waals surface area (Å²) in [6.45, 7) is 3.63. The van der Waals surface area contributed by atoms with Gasteiger partial charge in [0.25, 0.3) is 0 Å². The number of nitrogens with zero attached hydrogens (tertiary/aromatic N) is 1. The van der Waals surface area contributed by atoms with Gasteiger partial charge < -0.3 is 28.5 Å². The number of Topliss-reactive ketones (excluding diaryl/α,β-unsaturated/α-hetero) is 1. The third-order valence-electron chi connectivity index (χ3n) is 5.04. The quantitative estimate of drug-likeness (QED) is 0.407. The summed E-state index contributed by atoms with van der Waals surface area (Å²) in [5.41, 5.74) is 0. The van der Waals surface area contributed by atoms with Gasteiger partial charge in [0.15, 0.2) is 5.78 Å². The summed E-state index contributed by atoms with van der Waals surface area (Å²) in [7, 11) is 2.37. The van der Waals surface area contributed by atoms with Crippen LogP contribution >= 0.6 is 11.3 Å². The van der Waals surface area contributed by atoms with Gasteiger partial charge in [-0.15, -0.1) is 11.3 Å². The van der Waals surface area contributed by atoms with Gasteiger partial charge in [-0.1, -0.05) is 6.07 Å². The van der Waals surface area contributed by atoms with E-state index < -0.39 is 0 Å². The van der Waals surface area contributed by atoms with Crippen molar-refractivity contribution in [3.8, 4) is 0 Å². The summed E-state index contributed by atoms with van der Waals surface area (Å²) in [5, 5.41) is 2.00. The SMILES string of the molecule is C[N+]1(CCC(=O)c2cccs2)CC2CCC(CC2)C1.[I-]. The maximum atomic E-state index is 12.2. The first kappa shape index (κ1) is 16.4. The smallest absolute Gasteiger partial charge is 0.178 e. The monoisotopic (exact) mass is 405 g/mol. The molecule has 2 saturated heterocycles. The third-order valence-corrected chi connectivity index (χ3v) is 5.95. The predicted molar refractivity (Wildman–Crippen MR) is 79.5 cm³/mol. The van der Waals surface area contributed by atoms with E-state index in [2.05, 4.69) is 7.05 Å². The Labute approximate surface area is 143 Å². The molecule has 112 valence electrons. The molecule has 4 heteroatoms. The Bertz CT molecular complexity index is 423. The van der Waals surface area contributed by atoms with Crippen LogP contribution in [0.2, 0.25) is 0 Å². The molecule has 3 aliphatic rings. The molecule has 2 bridgehead atoms. The Morgan fingerprint density at radius 3 is 2.35 bits per heavy atom. The lowest BCUT2D eigenvalue weighted by Crippen LogP contribution is -3.00. The second kappa shape index (κ2) is 6.88. The van der Waals surface area contributed by atoms with Crippen LogP contribution in [0.1, 0.15) is 41.8 Å². The molecule has 0 spiro atoms. The Balaban J connectivity index is 0.00000147. The van der Waals surface area contributed by atoms with E-state index in [-0.39, 0.29) is 24.0 Å². The average molecular weight is 405 g/mol. The number of carbonyl (C=O) groups excluding carboxylic acids is 1. The van der Waals surface area contributed by atoms with Crippen molar-refractivity contribution >= 4 is 17.1 Å². The van der Waals surface area contributed by atoms with Crippen molar-refractivity contribution in [2.45, 2.75) is 32.1 Å². The molecule has 0 radical (unpaired) electrons. The third kappa shape index (κ3) is 3.83. The molecule has 0 aromatic carbocycles. The van der Waals surface area contributed by atoms with Crippen LogP contribution in [0, 0.1) is 11.8 Å². The fourth-order valence-electron chi connectivity index (χ4n) is 4.03. The minimum absolute atomic E-state index is 0. The predicted octanol–water partition coefficient (Wildman–Crippen LogP) is 0.592. The van der Waals surface area contributed by atoms with Crippen molar-refractivity contribution in [2.75, 3.05) is 26.7 Å². The normalized spacial score (nSPS) is 32.5. The van der Waals surface area contributed by atoms with Crippen molar-refractivity contribution in [1.29, 1.82) is 0 Å². The van der Waals surface area contributed by atoms with Gasteiger partial charge in [0, 0.05) is 11.8 Å². The lowest BCUT2D eigenvalue weighted by molar-refractivity contribution is -0.912. The van der Waals surface area contributed by atoms with Crippen LogP contribution in [0.3, 0.4) is 0 Å². The number of ketones is 1. The van der Waals surface area contributed by atoms with Gasteiger partial charge in [-0.05, 0) is 37.1 Å². The Morgan fingerprint density at radius 1 is 1.25 bits per heavy atom. The maximum absolute atomic E-state index is 12.2. The zero-order chi connectivity index (χ0) is 13.3. The van der Waals surface area contributed by atoms with E-state index in [0.717, 1.165) is 34.2 Å². The van der Waals surface area contributed by atoms with Crippen LogP contribution < -0.4 is 24.0 Å². The molecule has 1 aromatic rings. The van der Waals surface area contributed by atoms with E-state index in [1.165, 1.54) is 38.8 Å². The first-order valence-corrected chi connectivity index (χ1v) is 8.43. The molecule has 3 heterocycles. The highest BCUT2D eigenvalue weighted by molar-refractivity contribution is 7.12. The lowest BCUT2D eigenvalue weighted by Gasteiger charge is -2.35. The topological polar surface area (TPSA) is 17.1 Å². The number of hydrogen-bond acceptors (Lipinski definition) is 2. The number of fused-ring (bicyclic) bond motifs is 4. The van der Waals surface area contributed by atoms with Gasteiger partial charge in [0.05, 0.1) is 38.0 Å². The minimum Gasteiger partial charge on any atom is -1.00 e. The fourth-order valence-corrected chi connectivity index (χ4v) is 4.73. The van der Waals surface area contributed by atoms with E-state index in [0.29, 0.717) is 5.78 Å². The Hall–Kier alpha value is 0.0600. The van der Waals surface area contributed by atoms with Crippen LogP contribution in [-0.4, -0.2) is 36.9 Å². The van der Waals surface area contributed by atoms with E-state index in [1.54, 1.807) is 11.3 Å². The number of halogens is 1. The highest BCUT2D eigenvalue weighted by atomic mass is 127. The number of hydrogen-bond donors (Lipinski definition) is 0. The molecule has 1 aliphatic carbocycles. The second-order valence-electron chi connectivity index (χ2n) is 6.75. The highest BCUT2D eigenvalue weighted by Gasteiger charge is 2.37. The van der Waals surface area contributed by atoms with Crippen molar-refractivity contribution < 1.29 is 33.3 Å². The second-order valence-corrected chi connectivity index (χ2v) is 7.69. The van der Waals surface area contributed by atoms with E-state index in [1.807, 2.05) is 17.5 Å². The maximum Gasteiger partial charge on any atom is 0.178 e. The molecule has 1 aromatic heterocycles. The van der Waals surface area contributed by atoms with Gasteiger partial charge >= 0.3 is 0 Å². The van der Waals surface area contributed by atoms with E-state index >= 15 is 0 Å². The van der Waals surface area contributed by atoms with Crippen molar-refractivity contribution in [1.82, 2.24) is 0 Å². The van der Waals surface area contributed by atoms with Crippen LogP contribution in [0.5, 0.6) is 0 Å². The molecule has 0 N–H and O–H groups in total. The summed E-state index contributed by atoms with van der Waals surface area (Å²) in [5.74, 6) is 2.17. The summed E-state index contributed by atoms with van der Waals surface area (Å²) < 4.78 is 1.13.